The van der Waals surface area contributed by atoms with Gasteiger partial charge in [0.05, 0.1) is 15.7 Å². The first-order valence-electron chi connectivity index (χ1n) is 5.30. The molecule has 3 aromatic rings. The molecule has 4 nitrogen and oxygen atoms in total. The third-order valence-corrected chi connectivity index (χ3v) is 4.03. The second kappa shape index (κ2) is 4.47. The molecule has 0 radical (unpaired) electrons. The molecular weight excluding hydrogens is 266 g/mol. The fraction of sp³-hybridized carbons (Fsp3) is 0.0833. The molecule has 90 valence electrons. The van der Waals surface area contributed by atoms with Crippen LogP contribution in [-0.2, 0) is 0 Å². The summed E-state index contributed by atoms with van der Waals surface area (Å²) < 4.78 is 1.07. The van der Waals surface area contributed by atoms with E-state index in [0.29, 0.717) is 10.8 Å². The zero-order valence-corrected chi connectivity index (χ0v) is 11.1. The number of anilines is 1. The van der Waals surface area contributed by atoms with Crippen molar-refractivity contribution in [2.75, 3.05) is 5.32 Å². The summed E-state index contributed by atoms with van der Waals surface area (Å²) in [6.45, 7) is 2.01. The molecule has 2 heterocycles. The van der Waals surface area contributed by atoms with E-state index >= 15 is 0 Å². The van der Waals surface area contributed by atoms with Gasteiger partial charge in [0.25, 0.3) is 5.91 Å². The Morgan fingerprint density at radius 1 is 1.39 bits per heavy atom. The quantitative estimate of drug-likeness (QED) is 0.780. The number of nitrogens with one attached hydrogen (secondary N) is 1. The van der Waals surface area contributed by atoms with E-state index in [1.807, 2.05) is 25.1 Å². The molecule has 3 rings (SSSR count). The van der Waals surface area contributed by atoms with E-state index in [0.717, 1.165) is 15.8 Å². The van der Waals surface area contributed by atoms with Crippen LogP contribution in [0, 0.1) is 6.92 Å². The Morgan fingerprint density at radius 3 is 3.00 bits per heavy atom. The van der Waals surface area contributed by atoms with Gasteiger partial charge in [-0.25, -0.2) is 9.97 Å². The first-order chi connectivity index (χ1) is 8.74. The Kier molecular flexibility index (Phi) is 2.81. The Hall–Kier alpha value is -1.79. The average Bonchev–Trinajstić information content (AvgIpc) is 2.97. The Morgan fingerprint density at radius 2 is 2.28 bits per heavy atom. The summed E-state index contributed by atoms with van der Waals surface area (Å²) in [7, 11) is 0. The van der Waals surface area contributed by atoms with Crippen molar-refractivity contribution in [2.24, 2.45) is 0 Å². The predicted octanol–water partition coefficient (Wildman–Crippen LogP) is 3.31. The van der Waals surface area contributed by atoms with Gasteiger partial charge in [0.15, 0.2) is 5.13 Å². The number of nitrogens with zero attached hydrogens (tertiary/aromatic N) is 2. The molecule has 0 unspecified atom stereocenters. The number of hydrogen-bond donors (Lipinski definition) is 1. The maximum absolute atomic E-state index is 11.8. The van der Waals surface area contributed by atoms with Gasteiger partial charge >= 0.3 is 0 Å². The lowest BCUT2D eigenvalue weighted by Crippen LogP contribution is -2.11. The smallest absolute Gasteiger partial charge is 0.276 e. The lowest BCUT2D eigenvalue weighted by molar-refractivity contribution is 0.102. The number of amides is 1. The van der Waals surface area contributed by atoms with Gasteiger partial charge in [-0.1, -0.05) is 23.5 Å². The number of benzene rings is 1. The Labute approximate surface area is 111 Å². The van der Waals surface area contributed by atoms with Crippen molar-refractivity contribution >= 4 is 43.9 Å². The molecule has 18 heavy (non-hydrogen) atoms. The molecular formula is C12H9N3OS2. The van der Waals surface area contributed by atoms with Crippen molar-refractivity contribution in [1.29, 1.82) is 0 Å². The minimum absolute atomic E-state index is 0.215. The van der Waals surface area contributed by atoms with Gasteiger partial charge < -0.3 is 0 Å². The molecule has 0 aliphatic rings. The van der Waals surface area contributed by atoms with Gasteiger partial charge in [-0.15, -0.1) is 11.3 Å². The van der Waals surface area contributed by atoms with Gasteiger partial charge in [0, 0.05) is 5.38 Å². The summed E-state index contributed by atoms with van der Waals surface area (Å²) in [4.78, 5) is 20.2. The second-order valence-corrected chi connectivity index (χ2v) is 5.52. The molecule has 2 aromatic heterocycles. The number of hydrogen-bond acceptors (Lipinski definition) is 5. The summed E-state index contributed by atoms with van der Waals surface area (Å²) in [5, 5.41) is 5.10. The Balaban J connectivity index is 1.92. The summed E-state index contributed by atoms with van der Waals surface area (Å²) in [5.41, 5.74) is 4.11. The molecule has 1 aromatic carbocycles. The molecule has 0 bridgehead atoms. The van der Waals surface area contributed by atoms with Gasteiger partial charge in [-0.3, -0.25) is 10.1 Å². The number of aryl methyl sites for hydroxylation is 1. The third-order valence-electron chi connectivity index (χ3n) is 2.51. The van der Waals surface area contributed by atoms with Gasteiger partial charge in [-0.2, -0.15) is 0 Å². The van der Waals surface area contributed by atoms with Crippen LogP contribution in [-0.4, -0.2) is 15.9 Å². The highest BCUT2D eigenvalue weighted by molar-refractivity contribution is 7.22. The number of fused-ring (bicyclic) bond motifs is 1. The van der Waals surface area contributed by atoms with Crippen LogP contribution in [0.2, 0.25) is 0 Å². The number of carbonyl (C=O) groups is 1. The molecule has 0 saturated carbocycles. The van der Waals surface area contributed by atoms with Crippen LogP contribution < -0.4 is 5.32 Å². The maximum Gasteiger partial charge on any atom is 0.276 e. The molecule has 6 heteroatoms. The summed E-state index contributed by atoms with van der Waals surface area (Å²) >= 11 is 2.87. The summed E-state index contributed by atoms with van der Waals surface area (Å²) in [5.74, 6) is -0.215. The highest BCUT2D eigenvalue weighted by Crippen LogP contribution is 2.28. The van der Waals surface area contributed by atoms with E-state index in [4.69, 9.17) is 0 Å². The van der Waals surface area contributed by atoms with Crippen LogP contribution in [0.25, 0.3) is 10.2 Å². The van der Waals surface area contributed by atoms with E-state index in [2.05, 4.69) is 15.3 Å². The minimum Gasteiger partial charge on any atom is -0.296 e. The summed E-state index contributed by atoms with van der Waals surface area (Å²) in [6.07, 6.45) is 0. The fourth-order valence-electron chi connectivity index (χ4n) is 1.63. The fourth-order valence-corrected chi connectivity index (χ4v) is 3.10. The van der Waals surface area contributed by atoms with Crippen LogP contribution in [0.1, 0.15) is 16.1 Å². The lowest BCUT2D eigenvalue weighted by atomic mass is 10.2. The zero-order chi connectivity index (χ0) is 12.5. The van der Waals surface area contributed by atoms with Crippen molar-refractivity contribution in [2.45, 2.75) is 6.92 Å². The highest BCUT2D eigenvalue weighted by Gasteiger charge is 2.11. The van der Waals surface area contributed by atoms with Crippen molar-refractivity contribution in [3.63, 3.8) is 0 Å². The van der Waals surface area contributed by atoms with E-state index in [-0.39, 0.29) is 5.91 Å². The standard InChI is InChI=1S/C12H9N3OS2/c1-7-3-2-4-9-10(7)14-12(18-9)15-11(16)8-5-17-6-13-8/h2-6H,1H3,(H,14,15,16). The van der Waals surface area contributed by atoms with Crippen molar-refractivity contribution in [3.8, 4) is 0 Å². The van der Waals surface area contributed by atoms with Crippen molar-refractivity contribution in [3.05, 3.63) is 40.3 Å². The number of rotatable bonds is 2. The van der Waals surface area contributed by atoms with Gasteiger partial charge in [0.2, 0.25) is 0 Å². The van der Waals surface area contributed by atoms with Crippen molar-refractivity contribution in [1.82, 2.24) is 9.97 Å². The van der Waals surface area contributed by atoms with Crippen LogP contribution in [0.4, 0.5) is 5.13 Å². The van der Waals surface area contributed by atoms with Crippen LogP contribution in [0.3, 0.4) is 0 Å². The number of para-hydroxylation sites is 1. The van der Waals surface area contributed by atoms with Crippen LogP contribution in [0.5, 0.6) is 0 Å². The molecule has 1 N–H and O–H groups in total. The van der Waals surface area contributed by atoms with E-state index in [1.165, 1.54) is 22.7 Å². The van der Waals surface area contributed by atoms with E-state index in [1.54, 1.807) is 10.9 Å². The molecule has 0 atom stereocenters. The Bertz CT molecular complexity index is 703. The van der Waals surface area contributed by atoms with Crippen LogP contribution >= 0.6 is 22.7 Å². The van der Waals surface area contributed by atoms with Gasteiger partial charge in [0.1, 0.15) is 5.69 Å². The monoisotopic (exact) mass is 275 g/mol. The third kappa shape index (κ3) is 2.00. The first kappa shape index (κ1) is 11.3. The second-order valence-electron chi connectivity index (χ2n) is 3.77. The lowest BCUT2D eigenvalue weighted by Gasteiger charge is -1.96. The predicted molar refractivity (Wildman–Crippen MR) is 74.4 cm³/mol. The molecule has 1 amide bonds. The highest BCUT2D eigenvalue weighted by atomic mass is 32.1. The molecule has 0 aliphatic heterocycles. The first-order valence-corrected chi connectivity index (χ1v) is 7.05. The van der Waals surface area contributed by atoms with Gasteiger partial charge in [-0.05, 0) is 18.6 Å². The van der Waals surface area contributed by atoms with E-state index < -0.39 is 0 Å². The number of carbonyl (C=O) groups excluding carboxylic acids is 1. The minimum atomic E-state index is -0.215. The number of thiazole rings is 2. The zero-order valence-electron chi connectivity index (χ0n) is 9.51. The normalized spacial score (nSPS) is 10.7. The molecule has 0 aliphatic carbocycles. The van der Waals surface area contributed by atoms with E-state index in [9.17, 15) is 4.79 Å². The molecule has 0 spiro atoms. The van der Waals surface area contributed by atoms with Crippen LogP contribution in [0.15, 0.2) is 29.1 Å². The largest absolute Gasteiger partial charge is 0.296 e. The molecule has 0 fully saturated rings. The number of aromatic nitrogens is 2. The topological polar surface area (TPSA) is 54.9 Å². The molecule has 0 saturated heterocycles. The summed E-state index contributed by atoms with van der Waals surface area (Å²) in [6, 6.07) is 5.99. The average molecular weight is 275 g/mol. The van der Waals surface area contributed by atoms with Crippen molar-refractivity contribution < 1.29 is 4.79 Å². The SMILES string of the molecule is Cc1cccc2sc(NC(=O)c3cscn3)nc12. The maximum atomic E-state index is 11.8.